The van der Waals surface area contributed by atoms with Gasteiger partial charge in [-0.15, -0.1) is 0 Å². The van der Waals surface area contributed by atoms with Gasteiger partial charge >= 0.3 is 5.97 Å². The maximum Gasteiger partial charge on any atom is 0.333 e. The highest BCUT2D eigenvalue weighted by molar-refractivity contribution is 5.87. The van der Waals surface area contributed by atoms with Gasteiger partial charge in [0.15, 0.2) is 0 Å². The first-order valence-corrected chi connectivity index (χ1v) is 6.12. The summed E-state index contributed by atoms with van der Waals surface area (Å²) in [5.41, 5.74) is 0.102. The largest absolute Gasteiger partial charge is 0.454 e. The van der Waals surface area contributed by atoms with Gasteiger partial charge in [-0.25, -0.2) is 4.79 Å². The van der Waals surface area contributed by atoms with Gasteiger partial charge in [-0.2, -0.15) is 0 Å². The van der Waals surface area contributed by atoms with Gasteiger partial charge in [0.25, 0.3) is 0 Å². The van der Waals surface area contributed by atoms with Crippen molar-refractivity contribution in [2.75, 3.05) is 13.7 Å². The van der Waals surface area contributed by atoms with Crippen molar-refractivity contribution in [2.45, 2.75) is 25.4 Å². The van der Waals surface area contributed by atoms with Crippen molar-refractivity contribution in [3.05, 3.63) is 24.3 Å². The van der Waals surface area contributed by atoms with E-state index in [4.69, 9.17) is 9.47 Å². The van der Waals surface area contributed by atoms with Crippen molar-refractivity contribution in [2.24, 2.45) is 17.3 Å². The number of hydrogen-bond acceptors (Lipinski definition) is 3. The maximum atomic E-state index is 11.8. The van der Waals surface area contributed by atoms with Gasteiger partial charge in [-0.05, 0) is 25.7 Å². The van der Waals surface area contributed by atoms with Crippen molar-refractivity contribution in [3.8, 4) is 0 Å². The third-order valence-electron chi connectivity index (χ3n) is 4.61. The van der Waals surface area contributed by atoms with Gasteiger partial charge in [-0.3, -0.25) is 0 Å². The summed E-state index contributed by atoms with van der Waals surface area (Å²) in [7, 11) is 1.71. The molecular formula is C14H18O3. The highest BCUT2D eigenvalue weighted by Crippen LogP contribution is 2.73. The molecule has 4 unspecified atom stereocenters. The summed E-state index contributed by atoms with van der Waals surface area (Å²) in [6, 6.07) is 0. The van der Waals surface area contributed by atoms with Crippen molar-refractivity contribution in [1.29, 1.82) is 0 Å². The van der Waals surface area contributed by atoms with E-state index < -0.39 is 0 Å². The van der Waals surface area contributed by atoms with Crippen LogP contribution in [0.4, 0.5) is 0 Å². The molecular weight excluding hydrogens is 216 g/mol. The number of hydrogen-bond donors (Lipinski definition) is 0. The van der Waals surface area contributed by atoms with Crippen LogP contribution in [0.15, 0.2) is 24.3 Å². The third kappa shape index (κ3) is 1.23. The molecule has 0 amide bonds. The molecule has 0 saturated heterocycles. The average Bonchev–Trinajstić information content (AvgIpc) is 2.79. The van der Waals surface area contributed by atoms with Gasteiger partial charge in [0.1, 0.15) is 5.60 Å². The molecule has 4 atom stereocenters. The van der Waals surface area contributed by atoms with Crippen molar-refractivity contribution in [3.63, 3.8) is 0 Å². The molecule has 0 aromatic carbocycles. The first kappa shape index (κ1) is 11.0. The van der Waals surface area contributed by atoms with E-state index in [1.165, 1.54) is 0 Å². The zero-order valence-electron chi connectivity index (χ0n) is 10.4. The molecule has 2 bridgehead atoms. The molecule has 0 aromatic rings. The average molecular weight is 234 g/mol. The maximum absolute atomic E-state index is 11.8. The lowest BCUT2D eigenvalue weighted by Gasteiger charge is -2.34. The van der Waals surface area contributed by atoms with Gasteiger partial charge in [0.05, 0.1) is 12.0 Å². The van der Waals surface area contributed by atoms with E-state index in [-0.39, 0.29) is 17.0 Å². The molecule has 3 aliphatic carbocycles. The molecule has 0 spiro atoms. The Hall–Kier alpha value is -1.09. The molecule has 92 valence electrons. The number of fused-ring (bicyclic) bond motifs is 5. The third-order valence-corrected chi connectivity index (χ3v) is 4.61. The normalized spacial score (nSPS) is 44.6. The quantitative estimate of drug-likeness (QED) is 0.424. The van der Waals surface area contributed by atoms with Crippen molar-refractivity contribution < 1.29 is 14.3 Å². The monoisotopic (exact) mass is 234 g/mol. The standard InChI is InChI=1S/C14H18O3/c1-9(2)12(15)17-14-7-11(14)10-4-5-13(14,6-10)8-16-3/h4-5,10-11H,1,6-8H2,2-3H3. The predicted octanol–water partition coefficient (Wildman–Crippen LogP) is 2.09. The molecule has 3 aliphatic rings. The lowest BCUT2D eigenvalue weighted by atomic mass is 9.82. The number of ether oxygens (including phenoxy) is 2. The smallest absolute Gasteiger partial charge is 0.333 e. The molecule has 0 aliphatic heterocycles. The van der Waals surface area contributed by atoms with Crippen molar-refractivity contribution in [1.82, 2.24) is 0 Å². The second kappa shape index (κ2) is 3.22. The Labute approximate surface area is 101 Å². The number of esters is 1. The minimum absolute atomic E-state index is 0.0812. The molecule has 3 heteroatoms. The first-order chi connectivity index (χ1) is 8.05. The number of carbonyl (C=O) groups is 1. The minimum Gasteiger partial charge on any atom is -0.454 e. The topological polar surface area (TPSA) is 35.5 Å². The van der Waals surface area contributed by atoms with Crippen LogP contribution in [-0.4, -0.2) is 25.3 Å². The van der Waals surface area contributed by atoms with Crippen LogP contribution in [0.1, 0.15) is 19.8 Å². The Bertz CT molecular complexity index is 425. The van der Waals surface area contributed by atoms with Crippen LogP contribution in [0.5, 0.6) is 0 Å². The summed E-state index contributed by atoms with van der Waals surface area (Å²) in [5.74, 6) is 0.818. The van der Waals surface area contributed by atoms with Crippen LogP contribution in [0.3, 0.4) is 0 Å². The Morgan fingerprint density at radius 2 is 2.29 bits per heavy atom. The zero-order chi connectivity index (χ0) is 12.3. The summed E-state index contributed by atoms with van der Waals surface area (Å²) in [5, 5.41) is 0. The fourth-order valence-corrected chi connectivity index (χ4v) is 3.75. The fourth-order valence-electron chi connectivity index (χ4n) is 3.75. The number of methoxy groups -OCH3 is 1. The summed E-state index contributed by atoms with van der Waals surface area (Å²) >= 11 is 0. The predicted molar refractivity (Wildman–Crippen MR) is 63.3 cm³/mol. The van der Waals surface area contributed by atoms with E-state index in [0.717, 1.165) is 12.8 Å². The highest BCUT2D eigenvalue weighted by Gasteiger charge is 2.77. The van der Waals surface area contributed by atoms with Gasteiger partial charge in [0.2, 0.25) is 0 Å². The molecule has 2 fully saturated rings. The van der Waals surface area contributed by atoms with E-state index in [0.29, 0.717) is 24.0 Å². The van der Waals surface area contributed by atoms with Gasteiger partial charge in [0, 0.05) is 18.6 Å². The van der Waals surface area contributed by atoms with Crippen LogP contribution in [0.2, 0.25) is 0 Å². The second-order valence-corrected chi connectivity index (χ2v) is 5.69. The van der Waals surface area contributed by atoms with Crippen LogP contribution in [-0.2, 0) is 14.3 Å². The van der Waals surface area contributed by atoms with E-state index in [1.807, 2.05) is 0 Å². The lowest BCUT2D eigenvalue weighted by molar-refractivity contribution is -0.154. The molecule has 2 saturated carbocycles. The van der Waals surface area contributed by atoms with Gasteiger partial charge in [-0.1, -0.05) is 18.7 Å². The molecule has 3 rings (SSSR count). The minimum atomic E-state index is -0.293. The van der Waals surface area contributed by atoms with Crippen LogP contribution in [0, 0.1) is 17.3 Å². The fraction of sp³-hybridized carbons (Fsp3) is 0.643. The SMILES string of the molecule is C=C(C)C(=O)OC12CC1C1C=CC2(COC)C1. The summed E-state index contributed by atoms with van der Waals surface area (Å²) in [6.07, 6.45) is 6.52. The molecule has 0 radical (unpaired) electrons. The zero-order valence-corrected chi connectivity index (χ0v) is 10.4. The number of carbonyl (C=O) groups excluding carboxylic acids is 1. The summed E-state index contributed by atoms with van der Waals surface area (Å²) in [4.78, 5) is 11.8. The second-order valence-electron chi connectivity index (χ2n) is 5.69. The number of allylic oxidation sites excluding steroid dienone is 1. The van der Waals surface area contributed by atoms with E-state index >= 15 is 0 Å². The first-order valence-electron chi connectivity index (χ1n) is 6.12. The molecule has 0 heterocycles. The van der Waals surface area contributed by atoms with Crippen molar-refractivity contribution >= 4 is 5.97 Å². The van der Waals surface area contributed by atoms with Crippen LogP contribution in [0.25, 0.3) is 0 Å². The van der Waals surface area contributed by atoms with E-state index in [1.54, 1.807) is 14.0 Å². The van der Waals surface area contributed by atoms with Crippen LogP contribution >= 0.6 is 0 Å². The number of rotatable bonds is 4. The highest BCUT2D eigenvalue weighted by atomic mass is 16.6. The van der Waals surface area contributed by atoms with Crippen LogP contribution < -0.4 is 0 Å². The molecule has 3 nitrogen and oxygen atoms in total. The Morgan fingerprint density at radius 3 is 2.94 bits per heavy atom. The molecule has 0 aromatic heterocycles. The van der Waals surface area contributed by atoms with E-state index in [9.17, 15) is 4.79 Å². The lowest BCUT2D eigenvalue weighted by Crippen LogP contribution is -2.40. The summed E-state index contributed by atoms with van der Waals surface area (Å²) < 4.78 is 11.1. The Kier molecular flexibility index (Phi) is 2.09. The van der Waals surface area contributed by atoms with E-state index in [2.05, 4.69) is 18.7 Å². The molecule has 0 N–H and O–H groups in total. The Balaban J connectivity index is 1.87. The Morgan fingerprint density at radius 1 is 1.53 bits per heavy atom. The van der Waals surface area contributed by atoms with Gasteiger partial charge < -0.3 is 9.47 Å². The summed E-state index contributed by atoms with van der Waals surface area (Å²) in [6.45, 7) is 5.99. The molecule has 17 heavy (non-hydrogen) atoms.